The van der Waals surface area contributed by atoms with Crippen LogP contribution in [0, 0.1) is 5.92 Å². The van der Waals surface area contributed by atoms with E-state index in [1.54, 1.807) is 19.4 Å². The first kappa shape index (κ1) is 15.0. The average Bonchev–Trinajstić information content (AvgIpc) is 2.79. The molecule has 7 nitrogen and oxygen atoms in total. The summed E-state index contributed by atoms with van der Waals surface area (Å²) in [5.74, 6) is -0.820. The highest BCUT2D eigenvalue weighted by molar-refractivity contribution is 5.82. The van der Waals surface area contributed by atoms with E-state index in [0.29, 0.717) is 13.0 Å². The van der Waals surface area contributed by atoms with Gasteiger partial charge in [0, 0.05) is 18.8 Å². The molecule has 0 spiro atoms. The van der Waals surface area contributed by atoms with Crippen molar-refractivity contribution in [3.63, 3.8) is 0 Å². The summed E-state index contributed by atoms with van der Waals surface area (Å²) < 4.78 is 0. The molecule has 0 aliphatic carbocycles. The number of aromatic amines is 1. The van der Waals surface area contributed by atoms with Crippen LogP contribution in [-0.4, -0.2) is 45.3 Å². The molecule has 1 rings (SSSR count). The van der Waals surface area contributed by atoms with Gasteiger partial charge in [0.25, 0.3) is 0 Å². The number of amides is 2. The molecule has 3 N–H and O–H groups in total. The third-order valence-electron chi connectivity index (χ3n) is 2.62. The van der Waals surface area contributed by atoms with E-state index >= 15 is 0 Å². The molecular weight excluding hydrogens is 248 g/mol. The van der Waals surface area contributed by atoms with Crippen molar-refractivity contribution in [2.24, 2.45) is 5.92 Å². The number of hydrogen-bond acceptors (Lipinski definition) is 3. The average molecular weight is 268 g/mol. The first-order chi connectivity index (χ1) is 8.90. The summed E-state index contributed by atoms with van der Waals surface area (Å²) in [5.41, 5.74) is 0.855. The Hall–Kier alpha value is -2.05. The van der Waals surface area contributed by atoms with Crippen molar-refractivity contribution < 1.29 is 14.7 Å². The summed E-state index contributed by atoms with van der Waals surface area (Å²) in [6.07, 6.45) is 3.71. The molecule has 0 radical (unpaired) electrons. The van der Waals surface area contributed by atoms with Crippen LogP contribution in [0.3, 0.4) is 0 Å². The molecule has 0 saturated heterocycles. The van der Waals surface area contributed by atoms with Crippen LogP contribution in [0.4, 0.5) is 4.79 Å². The van der Waals surface area contributed by atoms with Gasteiger partial charge < -0.3 is 15.3 Å². The van der Waals surface area contributed by atoms with Crippen LogP contribution in [0.5, 0.6) is 0 Å². The molecule has 0 fully saturated rings. The minimum Gasteiger partial charge on any atom is -0.480 e. The summed E-state index contributed by atoms with van der Waals surface area (Å²) in [6, 6.07) is -1.27. The Morgan fingerprint density at radius 3 is 2.68 bits per heavy atom. The molecule has 106 valence electrons. The fourth-order valence-corrected chi connectivity index (χ4v) is 1.66. The lowest BCUT2D eigenvalue weighted by molar-refractivity contribution is -0.139. The van der Waals surface area contributed by atoms with E-state index < -0.39 is 18.0 Å². The van der Waals surface area contributed by atoms with Crippen molar-refractivity contribution in [2.75, 3.05) is 7.05 Å². The van der Waals surface area contributed by atoms with Crippen molar-refractivity contribution >= 4 is 12.0 Å². The van der Waals surface area contributed by atoms with E-state index in [4.69, 9.17) is 5.11 Å². The molecule has 7 heteroatoms. The molecule has 0 unspecified atom stereocenters. The van der Waals surface area contributed by atoms with Crippen LogP contribution in [0.2, 0.25) is 0 Å². The number of rotatable bonds is 6. The number of urea groups is 1. The summed E-state index contributed by atoms with van der Waals surface area (Å²) in [4.78, 5) is 24.4. The number of carboxylic acid groups (broad SMARTS) is 1. The zero-order valence-corrected chi connectivity index (χ0v) is 11.4. The summed E-state index contributed by atoms with van der Waals surface area (Å²) in [6.45, 7) is 4.20. The van der Waals surface area contributed by atoms with Gasteiger partial charge in [-0.3, -0.25) is 5.10 Å². The Kier molecular flexibility index (Phi) is 5.35. The zero-order chi connectivity index (χ0) is 14.4. The second-order valence-electron chi connectivity index (χ2n) is 4.93. The molecule has 19 heavy (non-hydrogen) atoms. The lowest BCUT2D eigenvalue weighted by Crippen LogP contribution is -2.46. The third kappa shape index (κ3) is 4.99. The topological polar surface area (TPSA) is 98.3 Å². The fraction of sp³-hybridized carbons (Fsp3) is 0.583. The number of nitrogens with zero attached hydrogens (tertiary/aromatic N) is 2. The normalized spacial score (nSPS) is 12.2. The predicted octanol–water partition coefficient (Wildman–Crippen LogP) is 1.05. The van der Waals surface area contributed by atoms with Crippen LogP contribution < -0.4 is 5.32 Å². The van der Waals surface area contributed by atoms with E-state index in [1.807, 2.05) is 13.8 Å². The second-order valence-corrected chi connectivity index (χ2v) is 4.93. The summed E-state index contributed by atoms with van der Waals surface area (Å²) >= 11 is 0. The van der Waals surface area contributed by atoms with Gasteiger partial charge >= 0.3 is 12.0 Å². The fourth-order valence-electron chi connectivity index (χ4n) is 1.66. The highest BCUT2D eigenvalue weighted by Gasteiger charge is 2.22. The number of nitrogens with one attached hydrogen (secondary N) is 2. The molecule has 1 heterocycles. The van der Waals surface area contributed by atoms with Gasteiger partial charge in [-0.1, -0.05) is 13.8 Å². The van der Waals surface area contributed by atoms with Crippen LogP contribution in [0.25, 0.3) is 0 Å². The van der Waals surface area contributed by atoms with Crippen molar-refractivity contribution in [3.05, 3.63) is 18.0 Å². The first-order valence-electron chi connectivity index (χ1n) is 6.12. The molecule has 2 amide bonds. The molecule has 1 aromatic heterocycles. The maximum absolute atomic E-state index is 11.9. The monoisotopic (exact) mass is 268 g/mol. The molecule has 1 aromatic rings. The highest BCUT2D eigenvalue weighted by Crippen LogP contribution is 2.06. The second kappa shape index (κ2) is 6.77. The quantitative estimate of drug-likeness (QED) is 0.718. The molecule has 1 atom stereocenters. The maximum Gasteiger partial charge on any atom is 0.326 e. The first-order valence-corrected chi connectivity index (χ1v) is 6.12. The lowest BCUT2D eigenvalue weighted by Gasteiger charge is -2.21. The molecular formula is C12H20N4O3. The van der Waals surface area contributed by atoms with Crippen LogP contribution in [0.1, 0.15) is 25.8 Å². The largest absolute Gasteiger partial charge is 0.480 e. The number of carbonyl (C=O) groups is 2. The van der Waals surface area contributed by atoms with Gasteiger partial charge in [-0.05, 0) is 12.3 Å². The van der Waals surface area contributed by atoms with Crippen molar-refractivity contribution in [1.29, 1.82) is 0 Å². The van der Waals surface area contributed by atoms with Crippen molar-refractivity contribution in [2.45, 2.75) is 32.9 Å². The number of aliphatic carboxylic acids is 1. The maximum atomic E-state index is 11.9. The number of aromatic nitrogens is 2. The van der Waals surface area contributed by atoms with Crippen LogP contribution in [0.15, 0.2) is 12.4 Å². The van der Waals surface area contributed by atoms with E-state index in [1.165, 1.54) is 4.90 Å². The minimum atomic E-state index is -1.02. The molecule has 0 aliphatic rings. The van der Waals surface area contributed by atoms with E-state index in [-0.39, 0.29) is 5.92 Å². The number of H-pyrrole nitrogens is 1. The Balaban J connectivity index is 2.53. The van der Waals surface area contributed by atoms with E-state index in [2.05, 4.69) is 15.5 Å². The molecule has 0 saturated carbocycles. The van der Waals surface area contributed by atoms with Gasteiger partial charge in [-0.15, -0.1) is 0 Å². The van der Waals surface area contributed by atoms with Gasteiger partial charge in [-0.25, -0.2) is 9.59 Å². The number of hydrogen-bond donors (Lipinski definition) is 3. The van der Waals surface area contributed by atoms with Crippen LogP contribution in [-0.2, 0) is 11.3 Å². The number of carbonyl (C=O) groups excluding carboxylic acids is 1. The zero-order valence-electron chi connectivity index (χ0n) is 11.4. The summed E-state index contributed by atoms with van der Waals surface area (Å²) in [7, 11) is 1.61. The SMILES string of the molecule is CC(C)C[C@@H](NC(=O)N(C)Cc1cn[nH]c1)C(=O)O. The Morgan fingerprint density at radius 2 is 2.21 bits per heavy atom. The van der Waals surface area contributed by atoms with Gasteiger partial charge in [0.05, 0.1) is 12.7 Å². The smallest absolute Gasteiger partial charge is 0.326 e. The van der Waals surface area contributed by atoms with Crippen molar-refractivity contribution in [1.82, 2.24) is 20.4 Å². The molecule has 0 bridgehead atoms. The Bertz CT molecular complexity index is 417. The Morgan fingerprint density at radius 1 is 1.53 bits per heavy atom. The van der Waals surface area contributed by atoms with E-state index in [0.717, 1.165) is 5.56 Å². The van der Waals surface area contributed by atoms with Gasteiger partial charge in [0.1, 0.15) is 6.04 Å². The van der Waals surface area contributed by atoms with Gasteiger partial charge in [-0.2, -0.15) is 5.10 Å². The minimum absolute atomic E-state index is 0.195. The number of carboxylic acids is 1. The van der Waals surface area contributed by atoms with Gasteiger partial charge in [0.2, 0.25) is 0 Å². The van der Waals surface area contributed by atoms with Crippen LogP contribution >= 0.6 is 0 Å². The van der Waals surface area contributed by atoms with E-state index in [9.17, 15) is 9.59 Å². The van der Waals surface area contributed by atoms with Crippen molar-refractivity contribution in [3.8, 4) is 0 Å². The standard InChI is InChI=1S/C12H20N4O3/c1-8(2)4-10(11(17)18)15-12(19)16(3)7-9-5-13-14-6-9/h5-6,8,10H,4,7H2,1-3H3,(H,13,14)(H,15,19)(H,17,18)/t10-/m1/s1. The van der Waals surface area contributed by atoms with Gasteiger partial charge in [0.15, 0.2) is 0 Å². The third-order valence-corrected chi connectivity index (χ3v) is 2.62. The Labute approximate surface area is 112 Å². The predicted molar refractivity (Wildman–Crippen MR) is 69.5 cm³/mol. The highest BCUT2D eigenvalue weighted by atomic mass is 16.4. The summed E-state index contributed by atoms with van der Waals surface area (Å²) in [5, 5.41) is 18.0. The molecule has 0 aromatic carbocycles. The molecule has 0 aliphatic heterocycles. The lowest BCUT2D eigenvalue weighted by atomic mass is 10.0.